The number of nitro groups is 1. The molecule has 1 heterocycles. The van der Waals surface area contributed by atoms with E-state index in [0.717, 1.165) is 0 Å². The zero-order valence-corrected chi connectivity index (χ0v) is 11.0. The number of anilines is 1. The van der Waals surface area contributed by atoms with Crippen LogP contribution in [-0.2, 0) is 0 Å². The van der Waals surface area contributed by atoms with Gasteiger partial charge in [-0.05, 0) is 19.9 Å². The molecule has 0 bridgehead atoms. The summed E-state index contributed by atoms with van der Waals surface area (Å²) in [5, 5.41) is 23.0. The minimum absolute atomic E-state index is 0.0497. The molecule has 1 aromatic heterocycles. The Morgan fingerprint density at radius 1 is 1.45 bits per heavy atom. The summed E-state index contributed by atoms with van der Waals surface area (Å²) in [7, 11) is 0. The predicted octanol–water partition coefficient (Wildman–Crippen LogP) is 2.94. The van der Waals surface area contributed by atoms with Crippen LogP contribution in [0.25, 0.3) is 11.5 Å². The van der Waals surface area contributed by atoms with Gasteiger partial charge in [0.25, 0.3) is 5.69 Å². The SMILES string of the molecule is CC(C)Nc1oc(-c2ccccc2[N+](=O)[O-])nc1C#N. The number of nitro benzene ring substituents is 1. The van der Waals surface area contributed by atoms with Gasteiger partial charge in [-0.1, -0.05) is 12.1 Å². The standard InChI is InChI=1S/C13H12N4O3/c1-8(2)15-13-10(7-14)16-12(20-13)9-5-3-4-6-11(9)17(18)19/h3-6,8,15H,1-2H3. The maximum atomic E-state index is 11.0. The van der Waals surface area contributed by atoms with E-state index in [-0.39, 0.29) is 34.8 Å². The lowest BCUT2D eigenvalue weighted by Gasteiger charge is -2.05. The maximum Gasteiger partial charge on any atom is 0.282 e. The second kappa shape index (κ2) is 5.40. The average molecular weight is 272 g/mol. The van der Waals surface area contributed by atoms with Gasteiger partial charge in [-0.3, -0.25) is 10.1 Å². The first-order valence-corrected chi connectivity index (χ1v) is 5.94. The molecule has 2 rings (SSSR count). The van der Waals surface area contributed by atoms with Crippen molar-refractivity contribution in [3.63, 3.8) is 0 Å². The molecule has 0 saturated heterocycles. The number of nitrogens with zero attached hydrogens (tertiary/aromatic N) is 3. The summed E-state index contributed by atoms with van der Waals surface area (Å²) in [6, 6.07) is 8.05. The van der Waals surface area contributed by atoms with Crippen LogP contribution in [0.15, 0.2) is 28.7 Å². The molecular weight excluding hydrogens is 260 g/mol. The van der Waals surface area contributed by atoms with Crippen LogP contribution < -0.4 is 5.32 Å². The number of benzene rings is 1. The van der Waals surface area contributed by atoms with Crippen LogP contribution in [0.1, 0.15) is 19.5 Å². The van der Waals surface area contributed by atoms with Crippen molar-refractivity contribution in [1.29, 1.82) is 5.26 Å². The normalized spacial score (nSPS) is 10.3. The molecule has 0 amide bonds. The molecule has 1 N–H and O–H groups in total. The Morgan fingerprint density at radius 3 is 2.75 bits per heavy atom. The Hall–Kier alpha value is -2.88. The third kappa shape index (κ3) is 2.59. The minimum atomic E-state index is -0.513. The number of rotatable bonds is 4. The lowest BCUT2D eigenvalue weighted by Crippen LogP contribution is -2.09. The smallest absolute Gasteiger partial charge is 0.282 e. The first kappa shape index (κ1) is 13.5. The second-order valence-corrected chi connectivity index (χ2v) is 4.38. The quantitative estimate of drug-likeness (QED) is 0.677. The van der Waals surface area contributed by atoms with Gasteiger partial charge in [0.1, 0.15) is 11.6 Å². The summed E-state index contributed by atoms with van der Waals surface area (Å²) in [5.74, 6) is 0.271. The lowest BCUT2D eigenvalue weighted by atomic mass is 10.2. The number of nitriles is 1. The molecule has 0 atom stereocenters. The van der Waals surface area contributed by atoms with Crippen LogP contribution in [-0.4, -0.2) is 15.9 Å². The van der Waals surface area contributed by atoms with Gasteiger partial charge in [0.15, 0.2) is 0 Å². The van der Waals surface area contributed by atoms with Crippen LogP contribution in [0.4, 0.5) is 11.6 Å². The van der Waals surface area contributed by atoms with Crippen LogP contribution in [0.5, 0.6) is 0 Å². The van der Waals surface area contributed by atoms with Crippen LogP contribution in [0.2, 0.25) is 0 Å². The minimum Gasteiger partial charge on any atom is -0.419 e. The zero-order chi connectivity index (χ0) is 14.7. The van der Waals surface area contributed by atoms with Gasteiger partial charge >= 0.3 is 0 Å². The monoisotopic (exact) mass is 272 g/mol. The van der Waals surface area contributed by atoms with E-state index in [0.29, 0.717) is 0 Å². The highest BCUT2D eigenvalue weighted by Gasteiger charge is 2.21. The lowest BCUT2D eigenvalue weighted by molar-refractivity contribution is -0.384. The Morgan fingerprint density at radius 2 is 2.15 bits per heavy atom. The van der Waals surface area contributed by atoms with E-state index in [1.807, 2.05) is 19.9 Å². The number of nitrogens with one attached hydrogen (secondary N) is 1. The van der Waals surface area contributed by atoms with E-state index in [9.17, 15) is 10.1 Å². The molecule has 0 radical (unpaired) electrons. The molecule has 1 aromatic carbocycles. The highest BCUT2D eigenvalue weighted by Crippen LogP contribution is 2.32. The zero-order valence-electron chi connectivity index (χ0n) is 11.0. The highest BCUT2D eigenvalue weighted by atomic mass is 16.6. The fourth-order valence-electron chi connectivity index (χ4n) is 1.68. The Bertz CT molecular complexity index is 685. The molecule has 7 nitrogen and oxygen atoms in total. The molecule has 0 aliphatic rings. The van der Waals surface area contributed by atoms with Gasteiger partial charge in [-0.25, -0.2) is 0 Å². The van der Waals surface area contributed by atoms with E-state index >= 15 is 0 Å². The van der Waals surface area contributed by atoms with Crippen molar-refractivity contribution in [1.82, 2.24) is 4.98 Å². The molecule has 0 aliphatic heterocycles. The number of para-hydroxylation sites is 1. The average Bonchev–Trinajstić information content (AvgIpc) is 2.80. The van der Waals surface area contributed by atoms with Gasteiger partial charge in [0, 0.05) is 12.1 Å². The summed E-state index contributed by atoms with van der Waals surface area (Å²) in [6.45, 7) is 3.77. The summed E-state index contributed by atoms with van der Waals surface area (Å²) in [4.78, 5) is 14.5. The summed E-state index contributed by atoms with van der Waals surface area (Å²) >= 11 is 0. The van der Waals surface area contributed by atoms with Crippen molar-refractivity contribution in [2.24, 2.45) is 0 Å². The van der Waals surface area contributed by atoms with Crippen molar-refractivity contribution in [3.8, 4) is 17.5 Å². The molecule has 2 aromatic rings. The molecule has 20 heavy (non-hydrogen) atoms. The van der Waals surface area contributed by atoms with Crippen molar-refractivity contribution in [2.45, 2.75) is 19.9 Å². The van der Waals surface area contributed by atoms with Gasteiger partial charge < -0.3 is 9.73 Å². The molecule has 0 unspecified atom stereocenters. The first-order valence-electron chi connectivity index (χ1n) is 5.94. The van der Waals surface area contributed by atoms with Crippen molar-refractivity contribution >= 4 is 11.6 Å². The fraction of sp³-hybridized carbons (Fsp3) is 0.231. The Labute approximate surface area is 115 Å². The number of oxazole rings is 1. The topological polar surface area (TPSA) is 105 Å². The van der Waals surface area contributed by atoms with Crippen molar-refractivity contribution in [3.05, 3.63) is 40.1 Å². The van der Waals surface area contributed by atoms with Gasteiger partial charge in [-0.15, -0.1) is 0 Å². The third-order valence-electron chi connectivity index (χ3n) is 2.48. The van der Waals surface area contributed by atoms with Crippen molar-refractivity contribution in [2.75, 3.05) is 5.32 Å². The Balaban J connectivity index is 2.52. The second-order valence-electron chi connectivity index (χ2n) is 4.38. The van der Waals surface area contributed by atoms with E-state index in [1.54, 1.807) is 12.1 Å². The highest BCUT2D eigenvalue weighted by molar-refractivity contribution is 5.68. The summed E-state index contributed by atoms with van der Waals surface area (Å²) in [5.41, 5.74) is 0.201. The molecule has 7 heteroatoms. The number of aromatic nitrogens is 1. The van der Waals surface area contributed by atoms with Crippen LogP contribution >= 0.6 is 0 Å². The van der Waals surface area contributed by atoms with Gasteiger partial charge in [0.05, 0.1) is 4.92 Å². The van der Waals surface area contributed by atoms with Gasteiger partial charge in [-0.2, -0.15) is 10.2 Å². The van der Waals surface area contributed by atoms with Crippen LogP contribution in [0, 0.1) is 21.4 Å². The molecule has 0 aliphatic carbocycles. The summed E-state index contributed by atoms with van der Waals surface area (Å²) < 4.78 is 5.44. The molecule has 0 saturated carbocycles. The maximum absolute atomic E-state index is 11.0. The predicted molar refractivity (Wildman–Crippen MR) is 72.1 cm³/mol. The molecule has 102 valence electrons. The van der Waals surface area contributed by atoms with E-state index < -0.39 is 4.92 Å². The van der Waals surface area contributed by atoms with E-state index in [1.165, 1.54) is 12.1 Å². The van der Waals surface area contributed by atoms with E-state index in [4.69, 9.17) is 9.68 Å². The molecule has 0 spiro atoms. The Kier molecular flexibility index (Phi) is 3.66. The number of hydrogen-bond acceptors (Lipinski definition) is 6. The van der Waals surface area contributed by atoms with Crippen LogP contribution in [0.3, 0.4) is 0 Å². The van der Waals surface area contributed by atoms with Gasteiger partial charge in [0.2, 0.25) is 17.5 Å². The van der Waals surface area contributed by atoms with Crippen molar-refractivity contribution < 1.29 is 9.34 Å². The third-order valence-corrected chi connectivity index (χ3v) is 2.48. The van der Waals surface area contributed by atoms with E-state index in [2.05, 4.69) is 10.3 Å². The molecular formula is C13H12N4O3. The summed E-state index contributed by atoms with van der Waals surface area (Å²) in [6.07, 6.45) is 0. The fourth-order valence-corrected chi connectivity index (χ4v) is 1.68. The number of hydrogen-bond donors (Lipinski definition) is 1. The molecule has 0 fully saturated rings. The first-order chi connectivity index (χ1) is 9.52. The largest absolute Gasteiger partial charge is 0.419 e.